The molecular formula is C10H18N4O3S. The summed E-state index contributed by atoms with van der Waals surface area (Å²) in [5.74, 6) is 0. The first-order valence-electron chi connectivity index (χ1n) is 5.78. The number of aryl methyl sites for hydroxylation is 1. The average molecular weight is 274 g/mol. The summed E-state index contributed by atoms with van der Waals surface area (Å²) in [6.45, 7) is 2.44. The highest BCUT2D eigenvalue weighted by Gasteiger charge is 2.27. The predicted molar refractivity (Wildman–Crippen MR) is 65.6 cm³/mol. The van der Waals surface area contributed by atoms with Crippen LogP contribution in [0.3, 0.4) is 0 Å². The minimum atomic E-state index is -3.50. The average Bonchev–Trinajstić information content (AvgIpc) is 2.77. The maximum atomic E-state index is 12.3. The minimum Gasteiger partial charge on any atom is -0.374 e. The highest BCUT2D eigenvalue weighted by atomic mass is 32.2. The number of morpholine rings is 1. The molecule has 2 heterocycles. The third kappa shape index (κ3) is 2.72. The number of aromatic nitrogens is 2. The summed E-state index contributed by atoms with van der Waals surface area (Å²) in [6, 6.07) is 1.49. The van der Waals surface area contributed by atoms with Gasteiger partial charge in [-0.05, 0) is 6.07 Å². The molecule has 1 aromatic heterocycles. The zero-order valence-electron chi connectivity index (χ0n) is 10.5. The Kier molecular flexibility index (Phi) is 4.00. The smallest absolute Gasteiger partial charge is 0.260 e. The Labute approximate surface area is 107 Å². The number of ether oxygens (including phenoxy) is 1. The van der Waals surface area contributed by atoms with Gasteiger partial charge in [-0.25, -0.2) is 8.42 Å². The zero-order valence-corrected chi connectivity index (χ0v) is 11.4. The Balaban J connectivity index is 2.08. The summed E-state index contributed by atoms with van der Waals surface area (Å²) in [4.78, 5) is 0. The van der Waals surface area contributed by atoms with Gasteiger partial charge >= 0.3 is 0 Å². The van der Waals surface area contributed by atoms with Gasteiger partial charge in [0.15, 0.2) is 5.03 Å². The van der Waals surface area contributed by atoms with Crippen molar-refractivity contribution in [2.75, 3.05) is 33.3 Å². The Morgan fingerprint density at radius 1 is 1.67 bits per heavy atom. The first kappa shape index (κ1) is 13.5. The molecule has 18 heavy (non-hydrogen) atoms. The summed E-state index contributed by atoms with van der Waals surface area (Å²) in [6.07, 6.45) is 1.37. The molecule has 7 nitrogen and oxygen atoms in total. The second kappa shape index (κ2) is 5.35. The topological polar surface area (TPSA) is 76.5 Å². The summed E-state index contributed by atoms with van der Waals surface area (Å²) in [5.41, 5.74) is 0. The summed E-state index contributed by atoms with van der Waals surface area (Å²) >= 11 is 0. The van der Waals surface area contributed by atoms with Crippen LogP contribution in [0.5, 0.6) is 0 Å². The number of hydrogen-bond donors (Lipinski definition) is 1. The highest BCUT2D eigenvalue weighted by molar-refractivity contribution is 7.89. The van der Waals surface area contributed by atoms with E-state index in [4.69, 9.17) is 4.74 Å². The molecule has 0 aliphatic carbocycles. The van der Waals surface area contributed by atoms with Gasteiger partial charge in [0, 0.05) is 33.7 Å². The molecule has 102 valence electrons. The molecule has 1 unspecified atom stereocenters. The highest BCUT2D eigenvalue weighted by Crippen LogP contribution is 2.13. The summed E-state index contributed by atoms with van der Waals surface area (Å²) < 4.78 is 32.7. The van der Waals surface area contributed by atoms with E-state index in [2.05, 4.69) is 10.4 Å². The van der Waals surface area contributed by atoms with Crippen molar-refractivity contribution in [3.8, 4) is 0 Å². The molecule has 1 atom stereocenters. The SMILES string of the molecule is CN(CC1CNCCO1)S(=O)(=O)c1ccnn1C. The number of rotatable bonds is 4. The standard InChI is InChI=1S/C10H18N4O3S/c1-13(8-9-7-11-5-6-17-9)18(15,16)10-3-4-12-14(10)2/h3-4,9,11H,5-8H2,1-2H3. The van der Waals surface area contributed by atoms with Crippen molar-refractivity contribution < 1.29 is 13.2 Å². The largest absolute Gasteiger partial charge is 0.374 e. The fraction of sp³-hybridized carbons (Fsp3) is 0.700. The molecule has 8 heteroatoms. The van der Waals surface area contributed by atoms with Crippen LogP contribution >= 0.6 is 0 Å². The zero-order chi connectivity index (χ0) is 13.2. The van der Waals surface area contributed by atoms with Gasteiger partial charge in [0.05, 0.1) is 18.9 Å². The molecule has 0 spiro atoms. The van der Waals surface area contributed by atoms with Gasteiger partial charge in [0.25, 0.3) is 10.0 Å². The fourth-order valence-electron chi connectivity index (χ4n) is 1.90. The van der Waals surface area contributed by atoms with Crippen LogP contribution in [0, 0.1) is 0 Å². The van der Waals surface area contributed by atoms with E-state index in [9.17, 15) is 8.42 Å². The van der Waals surface area contributed by atoms with E-state index >= 15 is 0 Å². The number of likely N-dealkylation sites (N-methyl/N-ethyl adjacent to an activating group) is 1. The summed E-state index contributed by atoms with van der Waals surface area (Å²) in [7, 11) is -0.333. The first-order chi connectivity index (χ1) is 8.51. The number of sulfonamides is 1. The molecule has 1 fully saturated rings. The van der Waals surface area contributed by atoms with Crippen molar-refractivity contribution in [1.82, 2.24) is 19.4 Å². The quantitative estimate of drug-likeness (QED) is 0.764. The lowest BCUT2D eigenvalue weighted by Gasteiger charge is -2.27. The van der Waals surface area contributed by atoms with E-state index in [1.165, 1.54) is 21.3 Å². The Morgan fingerprint density at radius 3 is 3.00 bits per heavy atom. The second-order valence-corrected chi connectivity index (χ2v) is 6.27. The molecule has 0 saturated carbocycles. The molecule has 0 amide bonds. The van der Waals surface area contributed by atoms with Gasteiger partial charge in [0.2, 0.25) is 0 Å². The van der Waals surface area contributed by atoms with E-state index in [0.29, 0.717) is 19.7 Å². The monoisotopic (exact) mass is 274 g/mol. The van der Waals surface area contributed by atoms with Gasteiger partial charge in [0.1, 0.15) is 0 Å². The Morgan fingerprint density at radius 2 is 2.44 bits per heavy atom. The van der Waals surface area contributed by atoms with Crippen LogP contribution in [0.25, 0.3) is 0 Å². The van der Waals surface area contributed by atoms with Crippen molar-refractivity contribution in [3.05, 3.63) is 12.3 Å². The Hall–Kier alpha value is -0.960. The van der Waals surface area contributed by atoms with Gasteiger partial charge in [-0.1, -0.05) is 0 Å². The van der Waals surface area contributed by atoms with Crippen LogP contribution in [0.15, 0.2) is 17.3 Å². The third-order valence-electron chi connectivity index (χ3n) is 2.92. The number of nitrogens with one attached hydrogen (secondary N) is 1. The van der Waals surface area contributed by atoms with Gasteiger partial charge in [-0.3, -0.25) is 4.68 Å². The number of hydrogen-bond acceptors (Lipinski definition) is 5. The predicted octanol–water partition coefficient (Wildman–Crippen LogP) is -0.971. The maximum absolute atomic E-state index is 12.3. The summed E-state index contributed by atoms with van der Waals surface area (Å²) in [5, 5.41) is 7.24. The number of nitrogens with zero attached hydrogens (tertiary/aromatic N) is 3. The van der Waals surface area contributed by atoms with E-state index in [1.54, 1.807) is 14.1 Å². The lowest BCUT2D eigenvalue weighted by Crippen LogP contribution is -2.45. The molecule has 1 aromatic rings. The van der Waals surface area contributed by atoms with E-state index in [-0.39, 0.29) is 11.1 Å². The normalized spacial score (nSPS) is 21.4. The van der Waals surface area contributed by atoms with Crippen molar-refractivity contribution in [2.24, 2.45) is 7.05 Å². The molecule has 1 saturated heterocycles. The minimum absolute atomic E-state index is 0.105. The van der Waals surface area contributed by atoms with Crippen LogP contribution in [0.4, 0.5) is 0 Å². The van der Waals surface area contributed by atoms with Crippen LogP contribution in [-0.4, -0.2) is 61.9 Å². The van der Waals surface area contributed by atoms with Crippen molar-refractivity contribution >= 4 is 10.0 Å². The molecule has 1 N–H and O–H groups in total. The van der Waals surface area contributed by atoms with Crippen LogP contribution in [0.1, 0.15) is 0 Å². The molecular weight excluding hydrogens is 256 g/mol. The van der Waals surface area contributed by atoms with Gasteiger partial charge in [-0.2, -0.15) is 9.40 Å². The van der Waals surface area contributed by atoms with E-state index in [1.807, 2.05) is 0 Å². The van der Waals surface area contributed by atoms with Crippen molar-refractivity contribution in [2.45, 2.75) is 11.1 Å². The first-order valence-corrected chi connectivity index (χ1v) is 7.22. The Bertz CT molecular complexity index is 493. The third-order valence-corrected chi connectivity index (χ3v) is 4.81. The van der Waals surface area contributed by atoms with Crippen LogP contribution < -0.4 is 5.32 Å². The molecule has 0 bridgehead atoms. The molecule has 0 aromatic carbocycles. The fourth-order valence-corrected chi connectivity index (χ4v) is 3.19. The van der Waals surface area contributed by atoms with Crippen LogP contribution in [-0.2, 0) is 21.8 Å². The van der Waals surface area contributed by atoms with Gasteiger partial charge < -0.3 is 10.1 Å². The molecule has 1 aliphatic rings. The maximum Gasteiger partial charge on any atom is 0.260 e. The van der Waals surface area contributed by atoms with Crippen molar-refractivity contribution in [3.63, 3.8) is 0 Å². The second-order valence-electron chi connectivity index (χ2n) is 4.28. The molecule has 1 aliphatic heterocycles. The lowest BCUT2D eigenvalue weighted by molar-refractivity contribution is 0.0206. The van der Waals surface area contributed by atoms with E-state index < -0.39 is 10.0 Å². The van der Waals surface area contributed by atoms with Gasteiger partial charge in [-0.15, -0.1) is 0 Å². The lowest BCUT2D eigenvalue weighted by atomic mass is 10.3. The molecule has 0 radical (unpaired) electrons. The van der Waals surface area contributed by atoms with Crippen LogP contribution in [0.2, 0.25) is 0 Å². The van der Waals surface area contributed by atoms with E-state index in [0.717, 1.165) is 6.54 Å². The van der Waals surface area contributed by atoms with Crippen molar-refractivity contribution in [1.29, 1.82) is 0 Å². The molecule has 2 rings (SSSR count).